The van der Waals surface area contributed by atoms with Crippen LogP contribution in [-0.4, -0.2) is 23.0 Å². The van der Waals surface area contributed by atoms with E-state index in [1.807, 2.05) is 0 Å². The summed E-state index contributed by atoms with van der Waals surface area (Å²) in [6, 6.07) is 0. The van der Waals surface area contributed by atoms with Crippen molar-refractivity contribution in [2.45, 2.75) is 45.2 Å². The standard InChI is InChI=1S/C12H19N.ClH/c1-7-10-8-11(2,3)13(6)12(4,5)9-10;/h1,8H,9H2,2-6H3;1H. The van der Waals surface area contributed by atoms with E-state index in [0.717, 1.165) is 12.0 Å². The lowest BCUT2D eigenvalue weighted by molar-refractivity contribution is 0.0637. The SMILES string of the molecule is C#CC1=CC(C)(C)N(C)C(C)(C)C1.Cl. The average Bonchev–Trinajstić information content (AvgIpc) is 1.99. The third-order valence-electron chi connectivity index (χ3n) is 3.11. The molecular formula is C12H20ClN. The minimum absolute atomic E-state index is 0. The van der Waals surface area contributed by atoms with Gasteiger partial charge in [-0.2, -0.15) is 0 Å². The Morgan fingerprint density at radius 1 is 1.36 bits per heavy atom. The van der Waals surface area contributed by atoms with Gasteiger partial charge in [-0.25, -0.2) is 0 Å². The van der Waals surface area contributed by atoms with Gasteiger partial charge in [0.1, 0.15) is 0 Å². The summed E-state index contributed by atoms with van der Waals surface area (Å²) < 4.78 is 0. The smallest absolute Gasteiger partial charge is 0.0349 e. The predicted octanol–water partition coefficient (Wildman–Crippen LogP) is 2.86. The Hall–Kier alpha value is -0.450. The molecule has 0 bridgehead atoms. The Kier molecular flexibility index (Phi) is 3.84. The summed E-state index contributed by atoms with van der Waals surface area (Å²) in [6.07, 6.45) is 8.62. The molecule has 1 aliphatic heterocycles. The van der Waals surface area contributed by atoms with Crippen LogP contribution in [0.3, 0.4) is 0 Å². The monoisotopic (exact) mass is 213 g/mol. The van der Waals surface area contributed by atoms with Crippen LogP contribution >= 0.6 is 12.4 Å². The molecular weight excluding hydrogens is 194 g/mol. The largest absolute Gasteiger partial charge is 0.292 e. The Morgan fingerprint density at radius 2 is 1.86 bits per heavy atom. The first-order chi connectivity index (χ1) is 5.79. The van der Waals surface area contributed by atoms with Crippen LogP contribution in [0.2, 0.25) is 0 Å². The summed E-state index contributed by atoms with van der Waals surface area (Å²) in [7, 11) is 2.16. The van der Waals surface area contributed by atoms with Crippen LogP contribution in [-0.2, 0) is 0 Å². The van der Waals surface area contributed by atoms with Gasteiger partial charge in [0.25, 0.3) is 0 Å². The molecule has 0 amide bonds. The van der Waals surface area contributed by atoms with E-state index in [2.05, 4.69) is 51.6 Å². The second kappa shape index (κ2) is 3.96. The highest BCUT2D eigenvalue weighted by Gasteiger charge is 2.37. The van der Waals surface area contributed by atoms with Crippen molar-refractivity contribution in [2.75, 3.05) is 7.05 Å². The zero-order valence-electron chi connectivity index (χ0n) is 9.72. The second-order valence-corrected chi connectivity index (χ2v) is 5.02. The summed E-state index contributed by atoms with van der Waals surface area (Å²) >= 11 is 0. The lowest BCUT2D eigenvalue weighted by atomic mass is 9.82. The highest BCUT2D eigenvalue weighted by atomic mass is 35.5. The van der Waals surface area contributed by atoms with Gasteiger partial charge >= 0.3 is 0 Å². The molecule has 0 aliphatic carbocycles. The number of halogens is 1. The number of hydrogen-bond acceptors (Lipinski definition) is 1. The highest BCUT2D eigenvalue weighted by Crippen LogP contribution is 2.35. The van der Waals surface area contributed by atoms with E-state index in [1.165, 1.54) is 0 Å². The van der Waals surface area contributed by atoms with Gasteiger partial charge < -0.3 is 0 Å². The van der Waals surface area contributed by atoms with Crippen LogP contribution in [0.25, 0.3) is 0 Å². The fourth-order valence-corrected chi connectivity index (χ4v) is 2.03. The predicted molar refractivity (Wildman–Crippen MR) is 64.7 cm³/mol. The average molecular weight is 214 g/mol. The molecule has 2 heteroatoms. The van der Waals surface area contributed by atoms with E-state index in [4.69, 9.17) is 6.42 Å². The van der Waals surface area contributed by atoms with Crippen LogP contribution in [0, 0.1) is 12.3 Å². The normalized spacial score (nSPS) is 24.4. The van der Waals surface area contributed by atoms with E-state index in [9.17, 15) is 0 Å². The maximum atomic E-state index is 5.45. The van der Waals surface area contributed by atoms with Crippen molar-refractivity contribution in [3.63, 3.8) is 0 Å². The number of rotatable bonds is 0. The molecule has 0 radical (unpaired) electrons. The van der Waals surface area contributed by atoms with Crippen molar-refractivity contribution in [2.24, 2.45) is 0 Å². The van der Waals surface area contributed by atoms with Crippen molar-refractivity contribution in [1.82, 2.24) is 4.90 Å². The van der Waals surface area contributed by atoms with Crippen LogP contribution in [0.1, 0.15) is 34.1 Å². The van der Waals surface area contributed by atoms with Gasteiger partial charge in [0.05, 0.1) is 0 Å². The molecule has 0 spiro atoms. The van der Waals surface area contributed by atoms with Crippen molar-refractivity contribution in [3.8, 4) is 12.3 Å². The Labute approximate surface area is 94.0 Å². The van der Waals surface area contributed by atoms with Gasteiger partial charge in [-0.15, -0.1) is 18.8 Å². The lowest BCUT2D eigenvalue weighted by Crippen LogP contribution is -2.54. The zero-order valence-corrected chi connectivity index (χ0v) is 10.5. The molecule has 0 aromatic carbocycles. The maximum Gasteiger partial charge on any atom is 0.0349 e. The molecule has 14 heavy (non-hydrogen) atoms. The maximum absolute atomic E-state index is 5.45. The van der Waals surface area contributed by atoms with Crippen molar-refractivity contribution in [1.29, 1.82) is 0 Å². The van der Waals surface area contributed by atoms with Crippen LogP contribution in [0.5, 0.6) is 0 Å². The molecule has 1 rings (SSSR count). The topological polar surface area (TPSA) is 3.24 Å². The first-order valence-electron chi connectivity index (χ1n) is 4.72. The van der Waals surface area contributed by atoms with Gasteiger partial charge in [-0.1, -0.05) is 12.0 Å². The number of hydrogen-bond donors (Lipinski definition) is 0. The molecule has 0 saturated heterocycles. The van der Waals surface area contributed by atoms with Gasteiger partial charge in [-0.05, 0) is 41.2 Å². The number of nitrogens with zero attached hydrogens (tertiary/aromatic N) is 1. The second-order valence-electron chi connectivity index (χ2n) is 5.02. The fourth-order valence-electron chi connectivity index (χ4n) is 2.03. The van der Waals surface area contributed by atoms with Crippen LogP contribution in [0.15, 0.2) is 11.6 Å². The van der Waals surface area contributed by atoms with E-state index in [-0.39, 0.29) is 23.5 Å². The van der Waals surface area contributed by atoms with Crippen molar-refractivity contribution < 1.29 is 0 Å². The number of likely N-dealkylation sites (N-methyl/N-ethyl adjacent to an activating group) is 1. The molecule has 80 valence electrons. The minimum Gasteiger partial charge on any atom is -0.292 e. The molecule has 0 atom stereocenters. The lowest BCUT2D eigenvalue weighted by Gasteiger charge is -2.48. The molecule has 1 aliphatic rings. The molecule has 0 N–H and O–H groups in total. The van der Waals surface area contributed by atoms with E-state index < -0.39 is 0 Å². The molecule has 0 fully saturated rings. The fraction of sp³-hybridized carbons (Fsp3) is 0.667. The Bertz CT molecular complexity index is 281. The van der Waals surface area contributed by atoms with Crippen LogP contribution in [0.4, 0.5) is 0 Å². The zero-order chi connectivity index (χ0) is 10.3. The van der Waals surface area contributed by atoms with Gasteiger partial charge in [0, 0.05) is 16.7 Å². The van der Waals surface area contributed by atoms with E-state index in [1.54, 1.807) is 0 Å². The molecule has 1 heterocycles. The molecule has 0 aromatic heterocycles. The summed E-state index contributed by atoms with van der Waals surface area (Å²) in [6.45, 7) is 8.87. The third kappa shape index (κ3) is 2.32. The molecule has 0 saturated carbocycles. The Morgan fingerprint density at radius 3 is 2.21 bits per heavy atom. The van der Waals surface area contributed by atoms with E-state index >= 15 is 0 Å². The first kappa shape index (κ1) is 13.5. The molecule has 1 nitrogen and oxygen atoms in total. The minimum atomic E-state index is 0. The summed E-state index contributed by atoms with van der Waals surface area (Å²) in [5.41, 5.74) is 1.37. The number of terminal acetylenes is 1. The van der Waals surface area contributed by atoms with Crippen LogP contribution < -0.4 is 0 Å². The summed E-state index contributed by atoms with van der Waals surface area (Å²) in [4.78, 5) is 2.38. The van der Waals surface area contributed by atoms with Crippen molar-refractivity contribution in [3.05, 3.63) is 11.6 Å². The molecule has 0 unspecified atom stereocenters. The van der Waals surface area contributed by atoms with Crippen molar-refractivity contribution >= 4 is 12.4 Å². The third-order valence-corrected chi connectivity index (χ3v) is 3.11. The molecule has 0 aromatic rings. The van der Waals surface area contributed by atoms with Gasteiger partial charge in [0.15, 0.2) is 0 Å². The van der Waals surface area contributed by atoms with Gasteiger partial charge in [-0.3, -0.25) is 4.90 Å². The first-order valence-corrected chi connectivity index (χ1v) is 4.72. The summed E-state index contributed by atoms with van der Waals surface area (Å²) in [5, 5.41) is 0. The highest BCUT2D eigenvalue weighted by molar-refractivity contribution is 5.85. The quantitative estimate of drug-likeness (QED) is 0.560. The summed E-state index contributed by atoms with van der Waals surface area (Å²) in [5.74, 6) is 2.77. The van der Waals surface area contributed by atoms with E-state index in [0.29, 0.717) is 0 Å². The Balaban J connectivity index is 0.00000169. The van der Waals surface area contributed by atoms with Gasteiger partial charge in [0.2, 0.25) is 0 Å².